The number of nitriles is 1. The van der Waals surface area contributed by atoms with Crippen molar-refractivity contribution in [2.75, 3.05) is 19.6 Å². The van der Waals surface area contributed by atoms with E-state index in [9.17, 15) is 9.59 Å². The van der Waals surface area contributed by atoms with E-state index in [-0.39, 0.29) is 18.2 Å². The molecule has 2 amide bonds. The summed E-state index contributed by atoms with van der Waals surface area (Å²) in [4.78, 5) is 25.1. The normalized spacial score (nSPS) is 16.7. The zero-order chi connectivity index (χ0) is 15.8. The van der Waals surface area contributed by atoms with Crippen LogP contribution >= 0.6 is 0 Å². The van der Waals surface area contributed by atoms with E-state index < -0.39 is 0 Å². The van der Waals surface area contributed by atoms with Gasteiger partial charge in [-0.05, 0) is 31.6 Å². The number of piperidine rings is 1. The molecule has 1 saturated heterocycles. The van der Waals surface area contributed by atoms with Crippen LogP contribution in [0.15, 0.2) is 11.6 Å². The maximum Gasteiger partial charge on any atom is 0.243 e. The minimum absolute atomic E-state index is 0.0378. The Labute approximate surface area is 127 Å². The molecule has 1 aliphatic rings. The highest BCUT2D eigenvalue weighted by Gasteiger charge is 2.22. The maximum atomic E-state index is 11.8. The second-order valence-corrected chi connectivity index (χ2v) is 5.95. The molecule has 21 heavy (non-hydrogen) atoms. The third kappa shape index (κ3) is 5.99. The number of nitrogens with one attached hydrogen (secondary N) is 1. The van der Waals surface area contributed by atoms with Gasteiger partial charge in [0.15, 0.2) is 0 Å². The molecular formula is C16H25N3O2. The first kappa shape index (κ1) is 17.2. The predicted molar refractivity (Wildman–Crippen MR) is 81.1 cm³/mol. The molecule has 5 nitrogen and oxygen atoms in total. The molecule has 0 spiro atoms. The van der Waals surface area contributed by atoms with Gasteiger partial charge >= 0.3 is 0 Å². The average molecular weight is 291 g/mol. The van der Waals surface area contributed by atoms with Gasteiger partial charge in [0.05, 0.1) is 6.07 Å². The second-order valence-electron chi connectivity index (χ2n) is 5.95. The van der Waals surface area contributed by atoms with Gasteiger partial charge < -0.3 is 10.2 Å². The summed E-state index contributed by atoms with van der Waals surface area (Å²) in [5.74, 6) is 0.664. The Hall–Kier alpha value is -1.83. The Morgan fingerprint density at radius 2 is 2.00 bits per heavy atom. The van der Waals surface area contributed by atoms with Gasteiger partial charge in [-0.1, -0.05) is 19.4 Å². The minimum Gasteiger partial charge on any atom is -0.352 e. The van der Waals surface area contributed by atoms with E-state index in [2.05, 4.69) is 19.2 Å². The standard InChI is InChI=1S/C16H25N3O2/c1-12(2)13(3)10-15(20)18-11-14-5-8-19(9-6-14)16(21)4-7-17/h10,12,14H,4-6,8-9,11H2,1-3H3,(H,18,20)/b13-10+. The minimum atomic E-state index is -0.0875. The summed E-state index contributed by atoms with van der Waals surface area (Å²) < 4.78 is 0. The van der Waals surface area contributed by atoms with Crippen LogP contribution in [0.5, 0.6) is 0 Å². The molecular weight excluding hydrogens is 266 g/mol. The van der Waals surface area contributed by atoms with Crippen molar-refractivity contribution < 1.29 is 9.59 Å². The first-order valence-electron chi connectivity index (χ1n) is 7.54. The number of hydrogen-bond donors (Lipinski definition) is 1. The van der Waals surface area contributed by atoms with Crippen LogP contribution in [-0.2, 0) is 9.59 Å². The van der Waals surface area contributed by atoms with E-state index in [1.807, 2.05) is 13.0 Å². The number of carbonyl (C=O) groups is 2. The molecule has 0 atom stereocenters. The molecule has 0 bridgehead atoms. The number of amides is 2. The summed E-state index contributed by atoms with van der Waals surface area (Å²) in [5.41, 5.74) is 1.07. The SMILES string of the molecule is C/C(=C\C(=O)NCC1CCN(C(=O)CC#N)CC1)C(C)C. The van der Waals surface area contributed by atoms with Gasteiger partial charge in [-0.2, -0.15) is 5.26 Å². The summed E-state index contributed by atoms with van der Waals surface area (Å²) in [5, 5.41) is 11.5. The zero-order valence-corrected chi connectivity index (χ0v) is 13.2. The van der Waals surface area contributed by atoms with Gasteiger partial charge in [0.25, 0.3) is 0 Å². The lowest BCUT2D eigenvalue weighted by atomic mass is 9.96. The van der Waals surface area contributed by atoms with Crippen molar-refractivity contribution in [2.45, 2.75) is 40.0 Å². The maximum absolute atomic E-state index is 11.8. The number of hydrogen-bond acceptors (Lipinski definition) is 3. The Kier molecular flexibility index (Phi) is 6.93. The Balaban J connectivity index is 2.31. The van der Waals surface area contributed by atoms with Gasteiger partial charge in [0.1, 0.15) is 6.42 Å². The van der Waals surface area contributed by atoms with Crippen LogP contribution in [0, 0.1) is 23.2 Å². The van der Waals surface area contributed by atoms with Crippen molar-refractivity contribution in [3.8, 4) is 6.07 Å². The van der Waals surface area contributed by atoms with Crippen molar-refractivity contribution >= 4 is 11.8 Å². The fourth-order valence-corrected chi connectivity index (χ4v) is 2.24. The molecule has 0 aromatic heterocycles. The summed E-state index contributed by atoms with van der Waals surface area (Å²) in [7, 11) is 0. The number of nitrogens with zero attached hydrogens (tertiary/aromatic N) is 2. The molecule has 0 aliphatic carbocycles. The summed E-state index contributed by atoms with van der Waals surface area (Å²) in [6.45, 7) is 8.11. The molecule has 0 unspecified atom stereocenters. The van der Waals surface area contributed by atoms with Crippen molar-refractivity contribution in [3.63, 3.8) is 0 Å². The molecule has 1 aliphatic heterocycles. The second kappa shape index (κ2) is 8.46. The molecule has 0 aromatic carbocycles. The molecule has 1 heterocycles. The largest absolute Gasteiger partial charge is 0.352 e. The average Bonchev–Trinajstić information content (AvgIpc) is 2.45. The highest BCUT2D eigenvalue weighted by molar-refractivity contribution is 5.88. The topological polar surface area (TPSA) is 73.2 Å². The van der Waals surface area contributed by atoms with E-state index in [1.165, 1.54) is 0 Å². The third-order valence-corrected chi connectivity index (χ3v) is 4.03. The van der Waals surface area contributed by atoms with Crippen LogP contribution in [-0.4, -0.2) is 36.3 Å². The molecule has 5 heteroatoms. The number of allylic oxidation sites excluding steroid dienone is 1. The van der Waals surface area contributed by atoms with E-state index in [0.717, 1.165) is 18.4 Å². The molecule has 0 saturated carbocycles. The van der Waals surface area contributed by atoms with Crippen molar-refractivity contribution in [2.24, 2.45) is 11.8 Å². The van der Waals surface area contributed by atoms with E-state index in [4.69, 9.17) is 5.26 Å². The van der Waals surface area contributed by atoms with Crippen LogP contribution in [0.3, 0.4) is 0 Å². The molecule has 116 valence electrons. The molecule has 1 N–H and O–H groups in total. The first-order chi connectivity index (χ1) is 9.93. The number of carbonyl (C=O) groups excluding carboxylic acids is 2. The number of rotatable bonds is 5. The van der Waals surface area contributed by atoms with Gasteiger partial charge in [-0.25, -0.2) is 0 Å². The molecule has 0 aromatic rings. The molecule has 1 fully saturated rings. The predicted octanol–water partition coefficient (Wildman–Crippen LogP) is 1.86. The van der Waals surface area contributed by atoms with Gasteiger partial charge in [0.2, 0.25) is 11.8 Å². The van der Waals surface area contributed by atoms with E-state index in [1.54, 1.807) is 11.0 Å². The van der Waals surface area contributed by atoms with E-state index in [0.29, 0.717) is 31.5 Å². The monoisotopic (exact) mass is 291 g/mol. The fourth-order valence-electron chi connectivity index (χ4n) is 2.24. The lowest BCUT2D eigenvalue weighted by molar-refractivity contribution is -0.131. The van der Waals surface area contributed by atoms with Crippen LogP contribution < -0.4 is 5.32 Å². The van der Waals surface area contributed by atoms with Crippen LogP contribution in [0.2, 0.25) is 0 Å². The highest BCUT2D eigenvalue weighted by atomic mass is 16.2. The zero-order valence-electron chi connectivity index (χ0n) is 13.2. The molecule has 0 radical (unpaired) electrons. The van der Waals surface area contributed by atoms with Crippen molar-refractivity contribution in [1.29, 1.82) is 5.26 Å². The smallest absolute Gasteiger partial charge is 0.243 e. The van der Waals surface area contributed by atoms with Crippen LogP contribution in [0.1, 0.15) is 40.0 Å². The summed E-state index contributed by atoms with van der Waals surface area (Å²) >= 11 is 0. The lowest BCUT2D eigenvalue weighted by Crippen LogP contribution is -2.41. The Morgan fingerprint density at radius 3 is 2.52 bits per heavy atom. The fraction of sp³-hybridized carbons (Fsp3) is 0.688. The number of likely N-dealkylation sites (tertiary alicyclic amines) is 1. The molecule has 1 rings (SSSR count). The van der Waals surface area contributed by atoms with Gasteiger partial charge in [-0.3, -0.25) is 9.59 Å². The summed E-state index contributed by atoms with van der Waals surface area (Å²) in [6.07, 6.45) is 3.38. The van der Waals surface area contributed by atoms with Crippen LogP contribution in [0.25, 0.3) is 0 Å². The highest BCUT2D eigenvalue weighted by Crippen LogP contribution is 2.17. The lowest BCUT2D eigenvalue weighted by Gasteiger charge is -2.31. The Bertz CT molecular complexity index is 441. The van der Waals surface area contributed by atoms with Crippen molar-refractivity contribution in [1.82, 2.24) is 10.2 Å². The van der Waals surface area contributed by atoms with E-state index >= 15 is 0 Å². The van der Waals surface area contributed by atoms with Gasteiger partial charge in [-0.15, -0.1) is 0 Å². The Morgan fingerprint density at radius 1 is 1.38 bits per heavy atom. The third-order valence-electron chi connectivity index (χ3n) is 4.03. The summed E-state index contributed by atoms with van der Waals surface area (Å²) in [6, 6.07) is 1.89. The van der Waals surface area contributed by atoms with Gasteiger partial charge in [0, 0.05) is 25.7 Å². The van der Waals surface area contributed by atoms with Crippen LogP contribution in [0.4, 0.5) is 0 Å². The first-order valence-corrected chi connectivity index (χ1v) is 7.54. The van der Waals surface area contributed by atoms with Crippen molar-refractivity contribution in [3.05, 3.63) is 11.6 Å². The quantitative estimate of drug-likeness (QED) is 0.786.